The molecule has 1 aliphatic rings. The van der Waals surface area contributed by atoms with E-state index in [0.717, 1.165) is 43.4 Å². The van der Waals surface area contributed by atoms with E-state index in [1.54, 1.807) is 6.20 Å². The first-order valence-electron chi connectivity index (χ1n) is 6.61. The molecule has 1 aliphatic heterocycles. The largest absolute Gasteiger partial charge is 0.377 e. The maximum Gasteiger partial charge on any atom is 0.272 e. The monoisotopic (exact) mass is 326 g/mol. The SMILES string of the molecule is Cc1cccnc1C(=O)N1CCC(OCCBr)CC1. The molecule has 0 saturated carbocycles. The molecule has 4 nitrogen and oxygen atoms in total. The number of aromatic nitrogens is 1. The van der Waals surface area contributed by atoms with Gasteiger partial charge in [0.1, 0.15) is 5.69 Å². The zero-order valence-electron chi connectivity index (χ0n) is 11.1. The van der Waals surface area contributed by atoms with Crippen LogP contribution in [0.25, 0.3) is 0 Å². The Kier molecular flexibility index (Phi) is 5.34. The zero-order valence-corrected chi connectivity index (χ0v) is 12.7. The summed E-state index contributed by atoms with van der Waals surface area (Å²) in [7, 11) is 0. The Morgan fingerprint density at radius 1 is 1.53 bits per heavy atom. The number of pyridine rings is 1. The molecule has 1 fully saturated rings. The van der Waals surface area contributed by atoms with Crippen molar-refractivity contribution in [1.29, 1.82) is 0 Å². The van der Waals surface area contributed by atoms with E-state index in [1.807, 2.05) is 24.0 Å². The smallest absolute Gasteiger partial charge is 0.272 e. The van der Waals surface area contributed by atoms with Crippen LogP contribution < -0.4 is 0 Å². The van der Waals surface area contributed by atoms with E-state index in [-0.39, 0.29) is 12.0 Å². The highest BCUT2D eigenvalue weighted by atomic mass is 79.9. The Balaban J connectivity index is 1.91. The average molecular weight is 327 g/mol. The molecule has 0 aromatic carbocycles. The van der Waals surface area contributed by atoms with Crippen LogP contribution in [0.2, 0.25) is 0 Å². The van der Waals surface area contributed by atoms with Gasteiger partial charge in [-0.3, -0.25) is 9.78 Å². The first-order chi connectivity index (χ1) is 9.22. The summed E-state index contributed by atoms with van der Waals surface area (Å²) in [6.45, 7) is 4.16. The van der Waals surface area contributed by atoms with Crippen molar-refractivity contribution in [2.45, 2.75) is 25.9 Å². The molecule has 0 atom stereocenters. The molecule has 5 heteroatoms. The molecule has 0 spiro atoms. The minimum absolute atomic E-state index is 0.0389. The minimum Gasteiger partial charge on any atom is -0.377 e. The van der Waals surface area contributed by atoms with Gasteiger partial charge in [0.25, 0.3) is 5.91 Å². The first-order valence-corrected chi connectivity index (χ1v) is 7.73. The number of hydrogen-bond donors (Lipinski definition) is 0. The normalized spacial score (nSPS) is 16.6. The van der Waals surface area contributed by atoms with Crippen LogP contribution in [0, 0.1) is 6.92 Å². The molecule has 1 amide bonds. The van der Waals surface area contributed by atoms with Gasteiger partial charge in [-0.05, 0) is 31.4 Å². The molecule has 1 saturated heterocycles. The Hall–Kier alpha value is -0.940. The number of rotatable bonds is 4. The molecular weight excluding hydrogens is 308 g/mol. The second kappa shape index (κ2) is 7.01. The number of amides is 1. The molecule has 0 unspecified atom stereocenters. The molecule has 104 valence electrons. The summed E-state index contributed by atoms with van der Waals surface area (Å²) in [6.07, 6.45) is 3.77. The van der Waals surface area contributed by atoms with E-state index >= 15 is 0 Å². The van der Waals surface area contributed by atoms with E-state index in [0.29, 0.717) is 5.69 Å². The van der Waals surface area contributed by atoms with E-state index in [1.165, 1.54) is 0 Å². The molecule has 19 heavy (non-hydrogen) atoms. The van der Waals surface area contributed by atoms with Gasteiger partial charge in [0, 0.05) is 24.6 Å². The third-order valence-electron chi connectivity index (χ3n) is 3.37. The fourth-order valence-electron chi connectivity index (χ4n) is 2.30. The van der Waals surface area contributed by atoms with E-state index in [2.05, 4.69) is 20.9 Å². The van der Waals surface area contributed by atoms with Gasteiger partial charge in [0.15, 0.2) is 0 Å². The average Bonchev–Trinajstić information content (AvgIpc) is 2.45. The number of carbonyl (C=O) groups excluding carboxylic acids is 1. The Labute approximate surface area is 122 Å². The van der Waals surface area contributed by atoms with Crippen LogP contribution >= 0.6 is 15.9 Å². The lowest BCUT2D eigenvalue weighted by Crippen LogP contribution is -2.41. The second-order valence-electron chi connectivity index (χ2n) is 4.72. The molecular formula is C14H19BrN2O2. The van der Waals surface area contributed by atoms with Crippen LogP contribution in [-0.2, 0) is 4.74 Å². The summed E-state index contributed by atoms with van der Waals surface area (Å²) in [4.78, 5) is 18.4. The number of ether oxygens (including phenoxy) is 1. The number of aryl methyl sites for hydroxylation is 1. The lowest BCUT2D eigenvalue weighted by Gasteiger charge is -2.31. The van der Waals surface area contributed by atoms with Crippen LogP contribution in [0.15, 0.2) is 18.3 Å². The molecule has 2 rings (SSSR count). The van der Waals surface area contributed by atoms with Gasteiger partial charge in [-0.1, -0.05) is 22.0 Å². The van der Waals surface area contributed by atoms with Crippen LogP contribution in [0.4, 0.5) is 0 Å². The van der Waals surface area contributed by atoms with E-state index < -0.39 is 0 Å². The topological polar surface area (TPSA) is 42.4 Å². The highest BCUT2D eigenvalue weighted by Gasteiger charge is 2.25. The fourth-order valence-corrected chi connectivity index (χ4v) is 2.48. The van der Waals surface area contributed by atoms with Gasteiger partial charge in [-0.2, -0.15) is 0 Å². The van der Waals surface area contributed by atoms with Crippen molar-refractivity contribution >= 4 is 21.8 Å². The summed E-state index contributed by atoms with van der Waals surface area (Å²) < 4.78 is 5.69. The molecule has 0 radical (unpaired) electrons. The number of likely N-dealkylation sites (tertiary alicyclic amines) is 1. The number of carbonyl (C=O) groups is 1. The van der Waals surface area contributed by atoms with Crippen molar-refractivity contribution in [3.05, 3.63) is 29.6 Å². The Bertz CT molecular complexity index is 431. The maximum atomic E-state index is 12.4. The number of piperidine rings is 1. The predicted molar refractivity (Wildman–Crippen MR) is 77.6 cm³/mol. The summed E-state index contributed by atoms with van der Waals surface area (Å²) in [5.41, 5.74) is 1.51. The molecule has 0 aliphatic carbocycles. The van der Waals surface area contributed by atoms with Gasteiger partial charge in [0.05, 0.1) is 12.7 Å². The van der Waals surface area contributed by atoms with Gasteiger partial charge >= 0.3 is 0 Å². The molecule has 0 N–H and O–H groups in total. The van der Waals surface area contributed by atoms with Gasteiger partial charge in [-0.25, -0.2) is 0 Å². The number of halogens is 1. The summed E-state index contributed by atoms with van der Waals surface area (Å²) >= 11 is 3.35. The van der Waals surface area contributed by atoms with Crippen molar-refractivity contribution < 1.29 is 9.53 Å². The van der Waals surface area contributed by atoms with Crippen LogP contribution in [0.1, 0.15) is 28.9 Å². The van der Waals surface area contributed by atoms with Crippen molar-refractivity contribution in [1.82, 2.24) is 9.88 Å². The Morgan fingerprint density at radius 2 is 2.26 bits per heavy atom. The number of alkyl halides is 1. The number of nitrogens with zero attached hydrogens (tertiary/aromatic N) is 2. The summed E-state index contributed by atoms with van der Waals surface area (Å²) in [5, 5.41) is 0.860. The Morgan fingerprint density at radius 3 is 2.89 bits per heavy atom. The first kappa shape index (κ1) is 14.5. The van der Waals surface area contributed by atoms with Crippen molar-refractivity contribution in [3.8, 4) is 0 Å². The van der Waals surface area contributed by atoms with Gasteiger partial charge in [0.2, 0.25) is 0 Å². The van der Waals surface area contributed by atoms with Crippen molar-refractivity contribution in [3.63, 3.8) is 0 Å². The molecule has 2 heterocycles. The molecule has 1 aromatic rings. The van der Waals surface area contributed by atoms with E-state index in [9.17, 15) is 4.79 Å². The third kappa shape index (κ3) is 3.76. The van der Waals surface area contributed by atoms with Gasteiger partial charge < -0.3 is 9.64 Å². The quantitative estimate of drug-likeness (QED) is 0.798. The van der Waals surface area contributed by atoms with Crippen LogP contribution in [-0.4, -0.2) is 46.9 Å². The lowest BCUT2D eigenvalue weighted by atomic mass is 10.1. The summed E-state index contributed by atoms with van der Waals surface area (Å²) in [5.74, 6) is 0.0389. The fraction of sp³-hybridized carbons (Fsp3) is 0.571. The second-order valence-corrected chi connectivity index (χ2v) is 5.51. The van der Waals surface area contributed by atoms with Gasteiger partial charge in [-0.15, -0.1) is 0 Å². The van der Waals surface area contributed by atoms with Crippen LogP contribution in [0.5, 0.6) is 0 Å². The maximum absolute atomic E-state index is 12.4. The third-order valence-corrected chi connectivity index (χ3v) is 3.70. The molecule has 1 aromatic heterocycles. The van der Waals surface area contributed by atoms with Crippen molar-refractivity contribution in [2.24, 2.45) is 0 Å². The minimum atomic E-state index is 0.0389. The molecule has 0 bridgehead atoms. The number of hydrogen-bond acceptors (Lipinski definition) is 3. The zero-order chi connectivity index (χ0) is 13.7. The standard InChI is InChI=1S/C14H19BrN2O2/c1-11-3-2-7-16-13(11)14(18)17-8-4-12(5-9-17)19-10-6-15/h2-3,7,12H,4-6,8-10H2,1H3. The predicted octanol–water partition coefficient (Wildman–Crippen LogP) is 2.41. The highest BCUT2D eigenvalue weighted by molar-refractivity contribution is 9.09. The lowest BCUT2D eigenvalue weighted by molar-refractivity contribution is 0.0158. The highest BCUT2D eigenvalue weighted by Crippen LogP contribution is 2.17. The van der Waals surface area contributed by atoms with Crippen molar-refractivity contribution in [2.75, 3.05) is 25.0 Å². The van der Waals surface area contributed by atoms with Crippen LogP contribution in [0.3, 0.4) is 0 Å². The van der Waals surface area contributed by atoms with E-state index in [4.69, 9.17) is 4.74 Å². The summed E-state index contributed by atoms with van der Waals surface area (Å²) in [6, 6.07) is 3.78.